The van der Waals surface area contributed by atoms with Crippen molar-refractivity contribution < 1.29 is 4.42 Å². The molecule has 2 aromatic heterocycles. The van der Waals surface area contributed by atoms with Crippen molar-refractivity contribution in [2.24, 2.45) is 0 Å². The fourth-order valence-electron chi connectivity index (χ4n) is 2.18. The van der Waals surface area contributed by atoms with Gasteiger partial charge in [-0.15, -0.1) is 0 Å². The van der Waals surface area contributed by atoms with E-state index in [1.165, 1.54) is 6.26 Å². The van der Waals surface area contributed by atoms with Gasteiger partial charge in [-0.1, -0.05) is 18.2 Å². The smallest absolute Gasteiger partial charge is 0.222 e. The van der Waals surface area contributed by atoms with Crippen LogP contribution in [0.2, 0.25) is 0 Å². The zero-order chi connectivity index (χ0) is 16.2. The molecule has 0 saturated heterocycles. The van der Waals surface area contributed by atoms with Crippen LogP contribution in [0, 0.1) is 11.3 Å². The molecule has 0 fully saturated rings. The summed E-state index contributed by atoms with van der Waals surface area (Å²) >= 11 is 0. The fraction of sp³-hybridized carbons (Fsp3) is 0.0625. The van der Waals surface area contributed by atoms with Crippen molar-refractivity contribution in [1.29, 1.82) is 5.26 Å². The molecular formula is C16H14N6O. The van der Waals surface area contributed by atoms with Gasteiger partial charge in [0, 0.05) is 12.2 Å². The SMILES string of the molecule is N#Cc1c(NCc2ccccc2N)nc(N)nc1-c1ccco1. The lowest BCUT2D eigenvalue weighted by Crippen LogP contribution is -2.09. The Kier molecular flexibility index (Phi) is 3.80. The summed E-state index contributed by atoms with van der Waals surface area (Å²) in [5, 5.41) is 12.6. The third kappa shape index (κ3) is 2.91. The highest BCUT2D eigenvalue weighted by atomic mass is 16.3. The van der Waals surface area contributed by atoms with Crippen LogP contribution < -0.4 is 16.8 Å². The number of rotatable bonds is 4. The number of nitrogens with one attached hydrogen (secondary N) is 1. The Labute approximate surface area is 132 Å². The van der Waals surface area contributed by atoms with Crippen molar-refractivity contribution >= 4 is 17.5 Å². The van der Waals surface area contributed by atoms with Gasteiger partial charge in [-0.3, -0.25) is 0 Å². The van der Waals surface area contributed by atoms with Crippen molar-refractivity contribution in [3.63, 3.8) is 0 Å². The maximum absolute atomic E-state index is 9.46. The van der Waals surface area contributed by atoms with Gasteiger partial charge in [-0.25, -0.2) is 4.98 Å². The molecule has 0 amide bonds. The van der Waals surface area contributed by atoms with Gasteiger partial charge in [0.05, 0.1) is 6.26 Å². The summed E-state index contributed by atoms with van der Waals surface area (Å²) in [6.07, 6.45) is 1.51. The molecule has 5 N–H and O–H groups in total. The minimum Gasteiger partial charge on any atom is -0.463 e. The molecule has 7 heteroatoms. The molecule has 2 heterocycles. The van der Waals surface area contributed by atoms with E-state index in [-0.39, 0.29) is 11.5 Å². The highest BCUT2D eigenvalue weighted by molar-refractivity contribution is 5.71. The molecule has 0 aliphatic rings. The van der Waals surface area contributed by atoms with Crippen molar-refractivity contribution in [1.82, 2.24) is 9.97 Å². The molecule has 3 aromatic rings. The zero-order valence-corrected chi connectivity index (χ0v) is 12.2. The molecule has 0 aliphatic heterocycles. The average molecular weight is 306 g/mol. The zero-order valence-electron chi connectivity index (χ0n) is 12.2. The van der Waals surface area contributed by atoms with E-state index in [2.05, 4.69) is 21.4 Å². The summed E-state index contributed by atoms with van der Waals surface area (Å²) in [5.74, 6) is 0.853. The Morgan fingerprint density at radius 3 is 2.65 bits per heavy atom. The standard InChI is InChI=1S/C16H14N6O/c17-8-11-14(13-6-3-7-23-13)21-16(19)22-15(11)20-9-10-4-1-2-5-12(10)18/h1-7H,9,18H2,(H3,19,20,21,22). The fourth-order valence-corrected chi connectivity index (χ4v) is 2.18. The lowest BCUT2D eigenvalue weighted by atomic mass is 10.1. The second-order valence-electron chi connectivity index (χ2n) is 4.80. The number of para-hydroxylation sites is 1. The van der Waals surface area contributed by atoms with Crippen LogP contribution in [0.1, 0.15) is 11.1 Å². The number of benzene rings is 1. The first-order chi connectivity index (χ1) is 11.2. The first-order valence-corrected chi connectivity index (χ1v) is 6.88. The quantitative estimate of drug-likeness (QED) is 0.631. The number of furan rings is 1. The molecule has 7 nitrogen and oxygen atoms in total. The number of hydrogen-bond donors (Lipinski definition) is 3. The normalized spacial score (nSPS) is 10.2. The van der Waals surface area contributed by atoms with Gasteiger partial charge in [-0.2, -0.15) is 10.2 Å². The summed E-state index contributed by atoms with van der Waals surface area (Å²) in [4.78, 5) is 8.22. The summed E-state index contributed by atoms with van der Waals surface area (Å²) in [6, 6.07) is 13.0. The molecule has 0 bridgehead atoms. The van der Waals surface area contributed by atoms with Gasteiger partial charge in [0.15, 0.2) is 11.6 Å². The van der Waals surface area contributed by atoms with E-state index in [0.29, 0.717) is 29.5 Å². The average Bonchev–Trinajstić information content (AvgIpc) is 3.08. The number of hydrogen-bond acceptors (Lipinski definition) is 7. The van der Waals surface area contributed by atoms with E-state index >= 15 is 0 Å². The Hall–Kier alpha value is -3.53. The molecule has 0 aliphatic carbocycles. The van der Waals surface area contributed by atoms with Crippen LogP contribution in [0.25, 0.3) is 11.5 Å². The van der Waals surface area contributed by atoms with Crippen LogP contribution in [0.15, 0.2) is 47.1 Å². The minimum atomic E-state index is 0.0546. The van der Waals surface area contributed by atoms with E-state index in [0.717, 1.165) is 5.56 Å². The number of aromatic nitrogens is 2. The van der Waals surface area contributed by atoms with E-state index in [1.54, 1.807) is 12.1 Å². The first kappa shape index (κ1) is 14.4. The van der Waals surface area contributed by atoms with Crippen LogP contribution in [0.3, 0.4) is 0 Å². The predicted molar refractivity (Wildman–Crippen MR) is 87.0 cm³/mol. The number of nitrogens with zero attached hydrogens (tertiary/aromatic N) is 3. The number of anilines is 3. The Morgan fingerprint density at radius 1 is 1.13 bits per heavy atom. The van der Waals surface area contributed by atoms with Crippen LogP contribution in [0.5, 0.6) is 0 Å². The van der Waals surface area contributed by atoms with Crippen molar-refractivity contribution in [2.75, 3.05) is 16.8 Å². The molecule has 1 aromatic carbocycles. The lowest BCUT2D eigenvalue weighted by Gasteiger charge is -2.11. The number of nitrogens with two attached hydrogens (primary N) is 2. The second-order valence-corrected chi connectivity index (χ2v) is 4.80. The largest absolute Gasteiger partial charge is 0.463 e. The molecule has 0 saturated carbocycles. The van der Waals surface area contributed by atoms with Crippen molar-refractivity contribution in [2.45, 2.75) is 6.54 Å². The molecule has 23 heavy (non-hydrogen) atoms. The molecule has 0 radical (unpaired) electrons. The lowest BCUT2D eigenvalue weighted by molar-refractivity contribution is 0.580. The number of nitrogen functional groups attached to an aromatic ring is 2. The molecule has 114 valence electrons. The van der Waals surface area contributed by atoms with Crippen molar-refractivity contribution in [3.8, 4) is 17.5 Å². The van der Waals surface area contributed by atoms with E-state index in [1.807, 2.05) is 24.3 Å². The first-order valence-electron chi connectivity index (χ1n) is 6.88. The molecule has 0 spiro atoms. The Bertz CT molecular complexity index is 867. The van der Waals surface area contributed by atoms with Gasteiger partial charge in [0.2, 0.25) is 5.95 Å². The molecule has 0 atom stereocenters. The van der Waals surface area contributed by atoms with Gasteiger partial charge in [0.25, 0.3) is 0 Å². The number of nitriles is 1. The summed E-state index contributed by atoms with van der Waals surface area (Å²) in [5.41, 5.74) is 13.8. The van der Waals surface area contributed by atoms with Crippen LogP contribution >= 0.6 is 0 Å². The van der Waals surface area contributed by atoms with Crippen LogP contribution in [-0.4, -0.2) is 9.97 Å². The topological polar surface area (TPSA) is 127 Å². The Balaban J connectivity index is 1.96. The van der Waals surface area contributed by atoms with Crippen molar-refractivity contribution in [3.05, 3.63) is 53.8 Å². The van der Waals surface area contributed by atoms with Gasteiger partial charge in [-0.05, 0) is 23.8 Å². The van der Waals surface area contributed by atoms with E-state index in [9.17, 15) is 5.26 Å². The molecular weight excluding hydrogens is 292 g/mol. The highest BCUT2D eigenvalue weighted by Crippen LogP contribution is 2.27. The maximum atomic E-state index is 9.46. The molecule has 0 unspecified atom stereocenters. The van der Waals surface area contributed by atoms with Gasteiger partial charge < -0.3 is 21.2 Å². The van der Waals surface area contributed by atoms with E-state index in [4.69, 9.17) is 15.9 Å². The molecule has 3 rings (SSSR count). The Morgan fingerprint density at radius 2 is 1.96 bits per heavy atom. The third-order valence-electron chi connectivity index (χ3n) is 3.29. The third-order valence-corrected chi connectivity index (χ3v) is 3.29. The minimum absolute atomic E-state index is 0.0546. The summed E-state index contributed by atoms with van der Waals surface area (Å²) in [6.45, 7) is 0.412. The maximum Gasteiger partial charge on any atom is 0.222 e. The van der Waals surface area contributed by atoms with Gasteiger partial charge in [0.1, 0.15) is 17.3 Å². The monoisotopic (exact) mass is 306 g/mol. The summed E-state index contributed by atoms with van der Waals surface area (Å²) in [7, 11) is 0. The van der Waals surface area contributed by atoms with Crippen LogP contribution in [-0.2, 0) is 6.54 Å². The second kappa shape index (κ2) is 6.07. The van der Waals surface area contributed by atoms with Gasteiger partial charge >= 0.3 is 0 Å². The van der Waals surface area contributed by atoms with E-state index < -0.39 is 0 Å². The highest BCUT2D eigenvalue weighted by Gasteiger charge is 2.17. The van der Waals surface area contributed by atoms with Crippen LogP contribution in [0.4, 0.5) is 17.5 Å². The predicted octanol–water partition coefficient (Wildman–Crippen LogP) is 2.38. The summed E-state index contributed by atoms with van der Waals surface area (Å²) < 4.78 is 5.31.